The van der Waals surface area contributed by atoms with E-state index in [9.17, 15) is 4.39 Å². The maximum absolute atomic E-state index is 13.6. The normalized spacial score (nSPS) is 12.1. The lowest BCUT2D eigenvalue weighted by molar-refractivity contribution is 0.516. The lowest BCUT2D eigenvalue weighted by Gasteiger charge is -2.19. The van der Waals surface area contributed by atoms with Gasteiger partial charge in [-0.15, -0.1) is 0 Å². The van der Waals surface area contributed by atoms with E-state index in [0.717, 1.165) is 16.8 Å². The van der Waals surface area contributed by atoms with Crippen LogP contribution in [0.15, 0.2) is 18.2 Å². The summed E-state index contributed by atoms with van der Waals surface area (Å²) in [5, 5.41) is 1.16. The monoisotopic (exact) mass is 266 g/mol. The van der Waals surface area contributed by atoms with Gasteiger partial charge in [0, 0.05) is 16.6 Å². The average Bonchev–Trinajstić information content (AvgIpc) is 2.17. The first kappa shape index (κ1) is 13.2. The van der Waals surface area contributed by atoms with Crippen LogP contribution in [0.25, 0.3) is 10.9 Å². The molecule has 2 N–H and O–H groups in total. The first-order valence-electron chi connectivity index (χ1n) is 5.80. The van der Waals surface area contributed by atoms with E-state index in [1.165, 1.54) is 12.1 Å². The molecule has 0 aliphatic rings. The van der Waals surface area contributed by atoms with E-state index in [-0.39, 0.29) is 5.82 Å². The number of halogens is 2. The molecule has 2 rings (SSSR count). The quantitative estimate of drug-likeness (QED) is 0.902. The topological polar surface area (TPSA) is 38.9 Å². The van der Waals surface area contributed by atoms with Gasteiger partial charge in [-0.2, -0.15) is 0 Å². The first-order valence-corrected chi connectivity index (χ1v) is 6.18. The number of nitrogens with two attached hydrogens (primary N) is 1. The van der Waals surface area contributed by atoms with Gasteiger partial charge in [-0.3, -0.25) is 4.98 Å². The van der Waals surface area contributed by atoms with E-state index in [2.05, 4.69) is 4.98 Å². The summed E-state index contributed by atoms with van der Waals surface area (Å²) in [6.45, 7) is 5.67. The summed E-state index contributed by atoms with van der Waals surface area (Å²) in [5.74, 6) is -0.311. The third-order valence-corrected chi connectivity index (χ3v) is 2.99. The molecular weight excluding hydrogens is 251 g/mol. The fraction of sp³-hybridized carbons (Fsp3) is 0.357. The highest BCUT2D eigenvalue weighted by molar-refractivity contribution is 6.35. The molecule has 0 amide bonds. The molecule has 4 heteroatoms. The van der Waals surface area contributed by atoms with Crippen molar-refractivity contribution in [3.63, 3.8) is 0 Å². The van der Waals surface area contributed by atoms with Crippen molar-refractivity contribution in [1.29, 1.82) is 0 Å². The third-order valence-electron chi connectivity index (χ3n) is 2.68. The number of nitrogens with zero attached hydrogens (tertiary/aromatic N) is 1. The van der Waals surface area contributed by atoms with Crippen LogP contribution in [0.4, 0.5) is 4.39 Å². The van der Waals surface area contributed by atoms with E-state index < -0.39 is 5.54 Å². The van der Waals surface area contributed by atoms with Crippen molar-refractivity contribution in [3.8, 4) is 0 Å². The summed E-state index contributed by atoms with van der Waals surface area (Å²) in [4.78, 5) is 4.46. The van der Waals surface area contributed by atoms with Crippen LogP contribution in [0.3, 0.4) is 0 Å². The summed E-state index contributed by atoms with van der Waals surface area (Å²) in [7, 11) is 0. The standard InChI is InChI=1S/C14H16ClFN2/c1-8-4-12(15)11-6-10(16)5-9(13(11)18-8)7-14(2,3)17/h4-6H,7,17H2,1-3H3. The van der Waals surface area contributed by atoms with E-state index in [0.29, 0.717) is 16.8 Å². The molecule has 1 heterocycles. The fourth-order valence-corrected chi connectivity index (χ4v) is 2.37. The second-order valence-corrected chi connectivity index (χ2v) is 5.78. The number of benzene rings is 1. The minimum Gasteiger partial charge on any atom is -0.325 e. The molecule has 0 atom stereocenters. The largest absolute Gasteiger partial charge is 0.325 e. The average molecular weight is 267 g/mol. The Labute approximate surface area is 111 Å². The smallest absolute Gasteiger partial charge is 0.124 e. The van der Waals surface area contributed by atoms with Gasteiger partial charge in [0.2, 0.25) is 0 Å². The molecule has 96 valence electrons. The highest BCUT2D eigenvalue weighted by Gasteiger charge is 2.16. The third kappa shape index (κ3) is 2.79. The molecule has 0 radical (unpaired) electrons. The molecule has 1 aromatic carbocycles. The number of pyridine rings is 1. The van der Waals surface area contributed by atoms with Crippen LogP contribution < -0.4 is 5.73 Å². The summed E-state index contributed by atoms with van der Waals surface area (Å²) < 4.78 is 13.6. The summed E-state index contributed by atoms with van der Waals surface area (Å²) in [6, 6.07) is 4.64. The van der Waals surface area contributed by atoms with E-state index in [1.54, 1.807) is 6.07 Å². The lowest BCUT2D eigenvalue weighted by Crippen LogP contribution is -2.34. The maximum atomic E-state index is 13.6. The fourth-order valence-electron chi connectivity index (χ4n) is 2.07. The van der Waals surface area contributed by atoms with Crippen LogP contribution in [0.2, 0.25) is 5.02 Å². The van der Waals surface area contributed by atoms with Crippen molar-refractivity contribution in [2.45, 2.75) is 32.7 Å². The Balaban J connectivity index is 2.72. The molecule has 0 bridgehead atoms. The Bertz CT molecular complexity index is 603. The van der Waals surface area contributed by atoms with Gasteiger partial charge >= 0.3 is 0 Å². The molecule has 2 nitrogen and oxygen atoms in total. The Morgan fingerprint density at radius 3 is 2.61 bits per heavy atom. The van der Waals surface area contributed by atoms with Gasteiger partial charge in [0.05, 0.1) is 10.5 Å². The van der Waals surface area contributed by atoms with Gasteiger partial charge < -0.3 is 5.73 Å². The zero-order valence-electron chi connectivity index (χ0n) is 10.7. The molecule has 1 aromatic heterocycles. The van der Waals surface area contributed by atoms with Crippen LogP contribution in [0, 0.1) is 12.7 Å². The molecule has 0 saturated carbocycles. The number of rotatable bonds is 2. The molecule has 0 saturated heterocycles. The van der Waals surface area contributed by atoms with Crippen LogP contribution >= 0.6 is 11.6 Å². The molecule has 0 aliphatic carbocycles. The second kappa shape index (κ2) is 4.48. The number of aromatic nitrogens is 1. The highest BCUT2D eigenvalue weighted by atomic mass is 35.5. The molecule has 2 aromatic rings. The van der Waals surface area contributed by atoms with Crippen LogP contribution in [0.1, 0.15) is 25.1 Å². The molecule has 0 fully saturated rings. The number of hydrogen-bond acceptors (Lipinski definition) is 2. The first-order chi connectivity index (χ1) is 8.26. The van der Waals surface area contributed by atoms with E-state index >= 15 is 0 Å². The van der Waals surface area contributed by atoms with Gasteiger partial charge in [-0.25, -0.2) is 4.39 Å². The zero-order valence-corrected chi connectivity index (χ0v) is 11.5. The predicted octanol–water partition coefficient (Wildman–Crippen LogP) is 3.62. The van der Waals surface area contributed by atoms with Crippen molar-refractivity contribution in [3.05, 3.63) is 40.3 Å². The molecule has 0 aliphatic heterocycles. The minimum atomic E-state index is -0.418. The van der Waals surface area contributed by atoms with E-state index in [1.807, 2.05) is 20.8 Å². The zero-order chi connectivity index (χ0) is 13.5. The van der Waals surface area contributed by atoms with Crippen LogP contribution in [0.5, 0.6) is 0 Å². The van der Waals surface area contributed by atoms with Gasteiger partial charge in [-0.05, 0) is 51.0 Å². The van der Waals surface area contributed by atoms with Gasteiger partial charge in [-0.1, -0.05) is 11.6 Å². The highest BCUT2D eigenvalue weighted by Crippen LogP contribution is 2.28. The lowest BCUT2D eigenvalue weighted by atomic mass is 9.94. The SMILES string of the molecule is Cc1cc(Cl)c2cc(F)cc(CC(C)(C)N)c2n1. The summed E-state index contributed by atoms with van der Waals surface area (Å²) in [5.41, 5.74) is 7.93. The summed E-state index contributed by atoms with van der Waals surface area (Å²) in [6.07, 6.45) is 0.550. The van der Waals surface area contributed by atoms with Crippen molar-refractivity contribution in [2.75, 3.05) is 0 Å². The minimum absolute atomic E-state index is 0.311. The Morgan fingerprint density at radius 1 is 1.33 bits per heavy atom. The van der Waals surface area contributed by atoms with Crippen molar-refractivity contribution in [2.24, 2.45) is 5.73 Å². The molecule has 0 unspecified atom stereocenters. The molecule has 18 heavy (non-hydrogen) atoms. The van der Waals surface area contributed by atoms with Crippen molar-refractivity contribution < 1.29 is 4.39 Å². The number of fused-ring (bicyclic) bond motifs is 1. The Kier molecular flexibility index (Phi) is 3.30. The predicted molar refractivity (Wildman–Crippen MR) is 73.4 cm³/mol. The Hall–Kier alpha value is -1.19. The van der Waals surface area contributed by atoms with Gasteiger partial charge in [0.1, 0.15) is 5.82 Å². The van der Waals surface area contributed by atoms with Gasteiger partial charge in [0.25, 0.3) is 0 Å². The second-order valence-electron chi connectivity index (χ2n) is 5.37. The summed E-state index contributed by atoms with van der Waals surface area (Å²) >= 11 is 6.14. The Morgan fingerprint density at radius 2 is 2.00 bits per heavy atom. The number of hydrogen-bond donors (Lipinski definition) is 1. The van der Waals surface area contributed by atoms with E-state index in [4.69, 9.17) is 17.3 Å². The van der Waals surface area contributed by atoms with Crippen LogP contribution in [-0.4, -0.2) is 10.5 Å². The maximum Gasteiger partial charge on any atom is 0.124 e. The van der Waals surface area contributed by atoms with Gasteiger partial charge in [0.15, 0.2) is 0 Å². The molecule has 0 spiro atoms. The van der Waals surface area contributed by atoms with Crippen LogP contribution in [-0.2, 0) is 6.42 Å². The van der Waals surface area contributed by atoms with Crippen molar-refractivity contribution >= 4 is 22.5 Å². The number of aryl methyl sites for hydroxylation is 1. The molecular formula is C14H16ClFN2. The van der Waals surface area contributed by atoms with Crippen molar-refractivity contribution in [1.82, 2.24) is 4.98 Å².